The number of hydrogen-bond acceptors (Lipinski definition) is 2. The lowest BCUT2D eigenvalue weighted by molar-refractivity contribution is 0.131. The number of hydrogen-bond donors (Lipinski definition) is 0. The van der Waals surface area contributed by atoms with Gasteiger partial charge in [0.25, 0.3) is 0 Å². The van der Waals surface area contributed by atoms with Crippen molar-refractivity contribution in [3.63, 3.8) is 0 Å². The molecule has 0 radical (unpaired) electrons. The zero-order chi connectivity index (χ0) is 19.3. The first-order valence-electron chi connectivity index (χ1n) is 11.1. The zero-order valence-corrected chi connectivity index (χ0v) is 19.7. The lowest BCUT2D eigenvalue weighted by Crippen LogP contribution is -2.54. The van der Waals surface area contributed by atoms with Crippen molar-refractivity contribution in [1.29, 1.82) is 0 Å². The molecule has 0 aromatic carbocycles. The van der Waals surface area contributed by atoms with E-state index < -0.39 is 8.56 Å². The monoisotopic (exact) mass is 372 g/mol. The predicted octanol–water partition coefficient (Wildman–Crippen LogP) is 7.71. The van der Waals surface area contributed by atoms with Crippen LogP contribution in [0.25, 0.3) is 0 Å². The average molecular weight is 373 g/mol. The van der Waals surface area contributed by atoms with Crippen LogP contribution in [0.2, 0.25) is 11.1 Å². The maximum absolute atomic E-state index is 6.48. The Labute approximate surface area is 160 Å². The van der Waals surface area contributed by atoms with Crippen LogP contribution in [0.3, 0.4) is 0 Å². The van der Waals surface area contributed by atoms with E-state index in [4.69, 9.17) is 8.85 Å². The topological polar surface area (TPSA) is 18.5 Å². The maximum Gasteiger partial charge on any atom is 0.344 e. The second-order valence-corrected chi connectivity index (χ2v) is 12.5. The van der Waals surface area contributed by atoms with E-state index in [2.05, 4.69) is 55.4 Å². The Morgan fingerprint density at radius 2 is 1.16 bits per heavy atom. The molecule has 0 heterocycles. The van der Waals surface area contributed by atoms with E-state index in [0.717, 1.165) is 19.3 Å². The highest BCUT2D eigenvalue weighted by Gasteiger charge is 2.54. The lowest BCUT2D eigenvalue weighted by atomic mass is 9.86. The van der Waals surface area contributed by atoms with Gasteiger partial charge in [-0.05, 0) is 31.7 Å². The predicted molar refractivity (Wildman–Crippen MR) is 114 cm³/mol. The molecule has 0 N–H and O–H groups in total. The first-order chi connectivity index (χ1) is 11.8. The molecular weight excluding hydrogens is 324 g/mol. The van der Waals surface area contributed by atoms with E-state index in [0.29, 0.717) is 11.8 Å². The van der Waals surface area contributed by atoms with Gasteiger partial charge in [-0.2, -0.15) is 0 Å². The van der Waals surface area contributed by atoms with Gasteiger partial charge in [0.05, 0.1) is 0 Å². The van der Waals surface area contributed by atoms with E-state index in [-0.39, 0.29) is 5.04 Å². The Bertz CT molecular complexity index is 309. The van der Waals surface area contributed by atoms with Crippen molar-refractivity contribution in [2.75, 3.05) is 13.2 Å². The molecule has 0 aliphatic heterocycles. The van der Waals surface area contributed by atoms with E-state index in [1.165, 1.54) is 51.4 Å². The van der Waals surface area contributed by atoms with Gasteiger partial charge in [-0.15, -0.1) is 0 Å². The van der Waals surface area contributed by atoms with Gasteiger partial charge >= 0.3 is 8.56 Å². The minimum atomic E-state index is -2.23. The number of unbranched alkanes of at least 4 members (excludes halogenated alkanes) is 7. The lowest BCUT2D eigenvalue weighted by Gasteiger charge is -2.47. The molecule has 0 aliphatic rings. The standard InChI is InChI=1S/C22H48O2Si/c1-9-12-13-14-15-16-17-18-19-25(23-10-2,24-11-3)22(7,8)21(6)20(4)5/h20-21H,9-19H2,1-8H3. The van der Waals surface area contributed by atoms with Crippen LogP contribution in [0.15, 0.2) is 0 Å². The summed E-state index contributed by atoms with van der Waals surface area (Å²) in [6.07, 6.45) is 10.9. The maximum atomic E-state index is 6.48. The molecule has 0 aromatic rings. The molecule has 3 heteroatoms. The molecule has 152 valence electrons. The summed E-state index contributed by atoms with van der Waals surface area (Å²) in [5.41, 5.74) is 0. The van der Waals surface area contributed by atoms with Gasteiger partial charge < -0.3 is 8.85 Å². The molecule has 0 saturated carbocycles. The van der Waals surface area contributed by atoms with Crippen molar-refractivity contribution in [2.24, 2.45) is 11.8 Å². The van der Waals surface area contributed by atoms with Crippen molar-refractivity contribution in [3.05, 3.63) is 0 Å². The molecule has 25 heavy (non-hydrogen) atoms. The van der Waals surface area contributed by atoms with Gasteiger partial charge in [0, 0.05) is 18.3 Å². The molecule has 2 nitrogen and oxygen atoms in total. The fourth-order valence-corrected chi connectivity index (χ4v) is 8.45. The van der Waals surface area contributed by atoms with Gasteiger partial charge in [-0.3, -0.25) is 0 Å². The van der Waals surface area contributed by atoms with Crippen molar-refractivity contribution in [2.45, 2.75) is 118 Å². The minimum Gasteiger partial charge on any atom is -0.394 e. The molecule has 1 atom stereocenters. The summed E-state index contributed by atoms with van der Waals surface area (Å²) < 4.78 is 13.0. The third-order valence-corrected chi connectivity index (χ3v) is 11.2. The Balaban J connectivity index is 4.76. The third-order valence-electron chi connectivity index (χ3n) is 6.23. The molecular formula is C22H48O2Si. The van der Waals surface area contributed by atoms with Crippen LogP contribution in [-0.4, -0.2) is 21.8 Å². The first kappa shape index (κ1) is 25.1. The van der Waals surface area contributed by atoms with Crippen LogP contribution in [0.5, 0.6) is 0 Å². The van der Waals surface area contributed by atoms with E-state index in [1.807, 2.05) is 0 Å². The molecule has 0 amide bonds. The fraction of sp³-hybridized carbons (Fsp3) is 1.00. The number of rotatable bonds is 16. The third kappa shape index (κ3) is 8.13. The molecule has 0 spiro atoms. The van der Waals surface area contributed by atoms with Gasteiger partial charge in [-0.1, -0.05) is 92.9 Å². The SMILES string of the molecule is CCCCCCCCCC[Si](OCC)(OCC)C(C)(C)C(C)C(C)C. The smallest absolute Gasteiger partial charge is 0.344 e. The average Bonchev–Trinajstić information content (AvgIpc) is 2.56. The van der Waals surface area contributed by atoms with Crippen molar-refractivity contribution in [1.82, 2.24) is 0 Å². The Morgan fingerprint density at radius 1 is 0.720 bits per heavy atom. The van der Waals surface area contributed by atoms with Gasteiger partial charge in [0.15, 0.2) is 0 Å². The first-order valence-corrected chi connectivity index (χ1v) is 13.1. The zero-order valence-electron chi connectivity index (χ0n) is 18.7. The Morgan fingerprint density at radius 3 is 1.56 bits per heavy atom. The summed E-state index contributed by atoms with van der Waals surface area (Å²) >= 11 is 0. The van der Waals surface area contributed by atoms with Crippen LogP contribution in [-0.2, 0) is 8.85 Å². The second-order valence-electron chi connectivity index (χ2n) is 8.60. The largest absolute Gasteiger partial charge is 0.394 e. The second kappa shape index (κ2) is 13.3. The van der Waals surface area contributed by atoms with Crippen molar-refractivity contribution < 1.29 is 8.85 Å². The molecule has 0 aliphatic carbocycles. The van der Waals surface area contributed by atoms with Crippen LogP contribution in [0.4, 0.5) is 0 Å². The summed E-state index contributed by atoms with van der Waals surface area (Å²) in [6, 6.07) is 1.15. The Kier molecular flexibility index (Phi) is 13.4. The van der Waals surface area contributed by atoms with Crippen molar-refractivity contribution >= 4 is 8.56 Å². The van der Waals surface area contributed by atoms with Crippen LogP contribution >= 0.6 is 0 Å². The molecule has 0 rings (SSSR count). The van der Waals surface area contributed by atoms with Crippen LogP contribution in [0, 0.1) is 11.8 Å². The fourth-order valence-electron chi connectivity index (χ4n) is 4.02. The van der Waals surface area contributed by atoms with E-state index >= 15 is 0 Å². The Hall–Kier alpha value is 0.137. The van der Waals surface area contributed by atoms with Crippen LogP contribution in [0.1, 0.15) is 107 Å². The highest BCUT2D eigenvalue weighted by Crippen LogP contribution is 2.50. The molecule has 0 fully saturated rings. The highest BCUT2D eigenvalue weighted by atomic mass is 28.4. The van der Waals surface area contributed by atoms with Crippen molar-refractivity contribution in [3.8, 4) is 0 Å². The van der Waals surface area contributed by atoms with E-state index in [9.17, 15) is 0 Å². The minimum absolute atomic E-state index is 0.133. The molecule has 0 bridgehead atoms. The molecule has 0 saturated heterocycles. The quantitative estimate of drug-likeness (QED) is 0.204. The summed E-state index contributed by atoms with van der Waals surface area (Å²) in [4.78, 5) is 0. The van der Waals surface area contributed by atoms with Gasteiger partial charge in [0.2, 0.25) is 0 Å². The van der Waals surface area contributed by atoms with E-state index in [1.54, 1.807) is 0 Å². The normalized spacial score (nSPS) is 14.3. The molecule has 1 unspecified atom stereocenters. The summed E-state index contributed by atoms with van der Waals surface area (Å²) in [5.74, 6) is 1.26. The van der Waals surface area contributed by atoms with Crippen LogP contribution < -0.4 is 0 Å². The summed E-state index contributed by atoms with van der Waals surface area (Å²) in [6.45, 7) is 20.0. The van der Waals surface area contributed by atoms with Gasteiger partial charge in [0.1, 0.15) is 0 Å². The summed E-state index contributed by atoms with van der Waals surface area (Å²) in [5, 5.41) is 0.133. The highest BCUT2D eigenvalue weighted by molar-refractivity contribution is 6.70. The summed E-state index contributed by atoms with van der Waals surface area (Å²) in [7, 11) is -2.23. The van der Waals surface area contributed by atoms with Gasteiger partial charge in [-0.25, -0.2) is 0 Å². The molecule has 0 aromatic heterocycles.